The van der Waals surface area contributed by atoms with Crippen LogP contribution in [0.5, 0.6) is 11.6 Å². The molecule has 0 amide bonds. The van der Waals surface area contributed by atoms with E-state index < -0.39 is 5.82 Å². The van der Waals surface area contributed by atoms with Gasteiger partial charge in [0.2, 0.25) is 5.88 Å². The molecule has 3 rings (SSSR count). The third kappa shape index (κ3) is 3.09. The molecule has 2 nitrogen and oxygen atoms in total. The maximum Gasteiger partial charge on any atom is 0.224 e. The molecule has 0 unspecified atom stereocenters. The lowest BCUT2D eigenvalue weighted by Crippen LogP contribution is -1.96. The maximum absolute atomic E-state index is 13.8. The molecule has 3 aromatic rings. The van der Waals surface area contributed by atoms with Crippen LogP contribution >= 0.6 is 31.9 Å². The highest BCUT2D eigenvalue weighted by Gasteiger charge is 2.11. The number of hydrogen-bond donors (Lipinski definition) is 0. The minimum Gasteiger partial charge on any atom is -0.436 e. The lowest BCUT2D eigenvalue weighted by molar-refractivity contribution is 0.425. The molecule has 106 valence electrons. The summed E-state index contributed by atoms with van der Waals surface area (Å²) in [5, 5.41) is 1.60. The summed E-state index contributed by atoms with van der Waals surface area (Å²) in [5.74, 6) is 0.130. The molecule has 0 aliphatic heterocycles. The summed E-state index contributed by atoms with van der Waals surface area (Å²) in [4.78, 5) is 4.48. The van der Waals surface area contributed by atoms with Gasteiger partial charge in [0.1, 0.15) is 0 Å². The van der Waals surface area contributed by atoms with Crippen LogP contribution in [0.4, 0.5) is 4.39 Å². The van der Waals surface area contributed by atoms with Crippen LogP contribution in [0.2, 0.25) is 0 Å². The number of halogens is 3. The minimum absolute atomic E-state index is 0.148. The fourth-order valence-electron chi connectivity index (χ4n) is 1.99. The first-order valence-electron chi connectivity index (χ1n) is 6.25. The molecule has 0 aliphatic rings. The van der Waals surface area contributed by atoms with Crippen molar-refractivity contribution in [2.75, 3.05) is 0 Å². The van der Waals surface area contributed by atoms with Gasteiger partial charge in [-0.2, -0.15) is 0 Å². The zero-order valence-electron chi connectivity index (χ0n) is 10.8. The van der Waals surface area contributed by atoms with Gasteiger partial charge < -0.3 is 4.74 Å². The van der Waals surface area contributed by atoms with Crippen LogP contribution in [0.25, 0.3) is 10.9 Å². The van der Waals surface area contributed by atoms with Crippen molar-refractivity contribution in [3.05, 3.63) is 64.4 Å². The van der Waals surface area contributed by atoms with Crippen molar-refractivity contribution in [3.63, 3.8) is 0 Å². The van der Waals surface area contributed by atoms with E-state index in [1.807, 2.05) is 30.3 Å². The second-order valence-corrected chi connectivity index (χ2v) is 5.93. The first-order chi connectivity index (χ1) is 10.2. The molecular weight excluding hydrogens is 401 g/mol. The first-order valence-corrected chi connectivity index (χ1v) is 8.16. The molecule has 0 fully saturated rings. The van der Waals surface area contributed by atoms with E-state index in [1.165, 1.54) is 6.07 Å². The van der Waals surface area contributed by atoms with Gasteiger partial charge in [0.25, 0.3) is 0 Å². The fourth-order valence-corrected chi connectivity index (χ4v) is 2.73. The Balaban J connectivity index is 2.08. The summed E-state index contributed by atoms with van der Waals surface area (Å²) in [6.07, 6.45) is 0. The van der Waals surface area contributed by atoms with Crippen molar-refractivity contribution in [3.8, 4) is 11.6 Å². The predicted octanol–water partition coefficient (Wildman–Crippen LogP) is 5.82. The molecule has 5 heteroatoms. The van der Waals surface area contributed by atoms with Gasteiger partial charge in [0, 0.05) is 20.8 Å². The van der Waals surface area contributed by atoms with Crippen LogP contribution in [0.3, 0.4) is 0 Å². The molecule has 0 N–H and O–H groups in total. The Morgan fingerprint density at radius 2 is 1.90 bits per heavy atom. The molecule has 0 spiro atoms. The van der Waals surface area contributed by atoms with Gasteiger partial charge in [-0.15, -0.1) is 0 Å². The highest BCUT2D eigenvalue weighted by molar-refractivity contribution is 9.10. The summed E-state index contributed by atoms with van der Waals surface area (Å²) in [7, 11) is 0. The van der Waals surface area contributed by atoms with Crippen molar-refractivity contribution in [1.29, 1.82) is 0 Å². The molecule has 0 saturated carbocycles. The maximum atomic E-state index is 13.8. The van der Waals surface area contributed by atoms with E-state index in [9.17, 15) is 4.39 Å². The monoisotopic (exact) mass is 409 g/mol. The standard InChI is InChI=1S/C16H10Br2FNO/c17-9-11-7-10-3-1-2-4-14(10)20-16(11)21-15-8-12(18)5-6-13(15)19/h1-8H,9H2. The number of rotatable bonds is 3. The van der Waals surface area contributed by atoms with Gasteiger partial charge in [-0.3, -0.25) is 0 Å². The molecule has 0 bridgehead atoms. The third-order valence-corrected chi connectivity index (χ3v) is 4.10. The fraction of sp³-hybridized carbons (Fsp3) is 0.0625. The molecular formula is C16H10Br2FNO. The van der Waals surface area contributed by atoms with Crippen LogP contribution in [-0.4, -0.2) is 4.98 Å². The quantitative estimate of drug-likeness (QED) is 0.507. The molecule has 1 heterocycles. The molecule has 0 atom stereocenters. The Kier molecular flexibility index (Phi) is 4.22. The van der Waals surface area contributed by atoms with Crippen molar-refractivity contribution in [2.24, 2.45) is 0 Å². The van der Waals surface area contributed by atoms with Crippen molar-refractivity contribution in [2.45, 2.75) is 5.33 Å². The molecule has 0 saturated heterocycles. The zero-order chi connectivity index (χ0) is 14.8. The normalized spacial score (nSPS) is 10.8. The van der Waals surface area contributed by atoms with Crippen LogP contribution in [-0.2, 0) is 5.33 Å². The van der Waals surface area contributed by atoms with Crippen molar-refractivity contribution < 1.29 is 9.13 Å². The SMILES string of the molecule is Fc1ccc(Br)cc1Oc1nc2ccccc2cc1CBr. The number of benzene rings is 2. The number of para-hydroxylation sites is 1. The Bertz CT molecular complexity index is 807. The number of alkyl halides is 1. The average molecular weight is 411 g/mol. The summed E-state index contributed by atoms with van der Waals surface area (Å²) in [6, 6.07) is 14.3. The van der Waals surface area contributed by atoms with Crippen LogP contribution < -0.4 is 4.74 Å². The van der Waals surface area contributed by atoms with Gasteiger partial charge in [0.15, 0.2) is 11.6 Å². The molecule has 21 heavy (non-hydrogen) atoms. The molecule has 0 radical (unpaired) electrons. The number of aromatic nitrogens is 1. The zero-order valence-corrected chi connectivity index (χ0v) is 14.0. The number of pyridine rings is 1. The Morgan fingerprint density at radius 3 is 2.71 bits per heavy atom. The van der Waals surface area contributed by atoms with E-state index in [4.69, 9.17) is 4.74 Å². The number of nitrogens with zero attached hydrogens (tertiary/aromatic N) is 1. The highest BCUT2D eigenvalue weighted by atomic mass is 79.9. The van der Waals surface area contributed by atoms with Gasteiger partial charge in [-0.1, -0.05) is 50.1 Å². The van der Waals surface area contributed by atoms with E-state index in [0.29, 0.717) is 11.2 Å². The van der Waals surface area contributed by atoms with Crippen molar-refractivity contribution in [1.82, 2.24) is 4.98 Å². The van der Waals surface area contributed by atoms with E-state index in [0.717, 1.165) is 20.9 Å². The molecule has 2 aromatic carbocycles. The second kappa shape index (κ2) is 6.12. The van der Waals surface area contributed by atoms with Crippen LogP contribution in [0.1, 0.15) is 5.56 Å². The topological polar surface area (TPSA) is 22.1 Å². The highest BCUT2D eigenvalue weighted by Crippen LogP contribution is 2.31. The van der Waals surface area contributed by atoms with Crippen LogP contribution in [0.15, 0.2) is 53.0 Å². The Labute approximate surface area is 138 Å². The van der Waals surface area contributed by atoms with Crippen molar-refractivity contribution >= 4 is 42.8 Å². The first kappa shape index (κ1) is 14.5. The number of ether oxygens (including phenoxy) is 1. The number of hydrogen-bond acceptors (Lipinski definition) is 2. The summed E-state index contributed by atoms with van der Waals surface area (Å²) in [5.41, 5.74) is 1.68. The van der Waals surface area contributed by atoms with Gasteiger partial charge in [-0.05, 0) is 30.3 Å². The predicted molar refractivity (Wildman–Crippen MR) is 88.5 cm³/mol. The van der Waals surface area contributed by atoms with E-state index in [2.05, 4.69) is 36.8 Å². The minimum atomic E-state index is -0.423. The smallest absolute Gasteiger partial charge is 0.224 e. The number of fused-ring (bicyclic) bond motifs is 1. The Morgan fingerprint density at radius 1 is 1.10 bits per heavy atom. The van der Waals surface area contributed by atoms with Crippen LogP contribution in [0, 0.1) is 5.82 Å². The summed E-state index contributed by atoms with van der Waals surface area (Å²) in [6.45, 7) is 0. The van der Waals surface area contributed by atoms with E-state index in [1.54, 1.807) is 12.1 Å². The average Bonchev–Trinajstić information content (AvgIpc) is 2.50. The largest absolute Gasteiger partial charge is 0.436 e. The Hall–Kier alpha value is -1.46. The van der Waals surface area contributed by atoms with E-state index in [-0.39, 0.29) is 5.75 Å². The van der Waals surface area contributed by atoms with Gasteiger partial charge in [0.05, 0.1) is 5.52 Å². The lowest BCUT2D eigenvalue weighted by atomic mass is 10.2. The second-order valence-electron chi connectivity index (χ2n) is 4.46. The van der Waals surface area contributed by atoms with Gasteiger partial charge in [-0.25, -0.2) is 9.37 Å². The van der Waals surface area contributed by atoms with E-state index >= 15 is 0 Å². The molecule has 1 aromatic heterocycles. The summed E-state index contributed by atoms with van der Waals surface area (Å²) >= 11 is 6.73. The third-order valence-electron chi connectivity index (χ3n) is 3.01. The van der Waals surface area contributed by atoms with Gasteiger partial charge >= 0.3 is 0 Å². The summed E-state index contributed by atoms with van der Waals surface area (Å²) < 4.78 is 20.2. The lowest BCUT2D eigenvalue weighted by Gasteiger charge is -2.11. The molecule has 0 aliphatic carbocycles.